The molecule has 146 valence electrons. The summed E-state index contributed by atoms with van der Waals surface area (Å²) in [5, 5.41) is 7.57. The van der Waals surface area contributed by atoms with Crippen LogP contribution in [0.4, 0.5) is 0 Å². The second-order valence-electron chi connectivity index (χ2n) is 6.33. The topological polar surface area (TPSA) is 66.5 Å². The Bertz CT molecular complexity index is 1050. The van der Waals surface area contributed by atoms with E-state index >= 15 is 0 Å². The molecule has 0 saturated heterocycles. The molecular formula is C20H19ClN2O3S2. The molecule has 1 N–H and O–H groups in total. The zero-order valence-electron chi connectivity index (χ0n) is 15.3. The van der Waals surface area contributed by atoms with E-state index in [9.17, 15) is 13.2 Å². The SMILES string of the molecule is CN(C)S(=O)(=O)c1ccc(C(=O)NC(c2ccc(Cl)cc2)c2ccsc2)cc1. The first kappa shape index (κ1) is 20.5. The number of carbonyl (C=O) groups is 1. The van der Waals surface area contributed by atoms with E-state index in [0.29, 0.717) is 10.6 Å². The van der Waals surface area contributed by atoms with Gasteiger partial charge in [-0.05, 0) is 64.4 Å². The van der Waals surface area contributed by atoms with Crippen molar-refractivity contribution in [3.05, 3.63) is 87.1 Å². The summed E-state index contributed by atoms with van der Waals surface area (Å²) in [5.74, 6) is -0.292. The number of sulfonamides is 1. The molecule has 0 aliphatic carbocycles. The zero-order valence-corrected chi connectivity index (χ0v) is 17.7. The van der Waals surface area contributed by atoms with Gasteiger partial charge in [0.05, 0.1) is 10.9 Å². The molecule has 0 fully saturated rings. The highest BCUT2D eigenvalue weighted by molar-refractivity contribution is 7.89. The number of nitrogens with zero attached hydrogens (tertiary/aromatic N) is 1. The third-order valence-electron chi connectivity index (χ3n) is 4.25. The number of benzene rings is 2. The Kier molecular flexibility index (Phi) is 6.20. The quantitative estimate of drug-likeness (QED) is 0.633. The van der Waals surface area contributed by atoms with Crippen molar-refractivity contribution in [1.29, 1.82) is 0 Å². The van der Waals surface area contributed by atoms with Gasteiger partial charge in [0.2, 0.25) is 10.0 Å². The molecule has 0 spiro atoms. The van der Waals surface area contributed by atoms with Gasteiger partial charge < -0.3 is 5.32 Å². The molecule has 0 radical (unpaired) electrons. The highest BCUT2D eigenvalue weighted by Crippen LogP contribution is 2.26. The highest BCUT2D eigenvalue weighted by Gasteiger charge is 2.20. The Hall–Kier alpha value is -2.19. The standard InChI is InChI=1S/C20H19ClN2O3S2/c1-23(2)28(25,26)18-9-5-15(6-10-18)20(24)22-19(16-11-12-27-13-16)14-3-7-17(21)8-4-14/h3-13,19H,1-2H3,(H,22,24). The van der Waals surface area contributed by atoms with Gasteiger partial charge >= 0.3 is 0 Å². The van der Waals surface area contributed by atoms with Crippen molar-refractivity contribution in [2.45, 2.75) is 10.9 Å². The van der Waals surface area contributed by atoms with Gasteiger partial charge in [-0.1, -0.05) is 23.7 Å². The number of nitrogens with one attached hydrogen (secondary N) is 1. The first-order chi connectivity index (χ1) is 13.3. The third-order valence-corrected chi connectivity index (χ3v) is 7.03. The van der Waals surface area contributed by atoms with Crippen molar-refractivity contribution < 1.29 is 13.2 Å². The summed E-state index contributed by atoms with van der Waals surface area (Å²) in [4.78, 5) is 12.9. The van der Waals surface area contributed by atoms with Crippen LogP contribution < -0.4 is 5.32 Å². The Labute approximate surface area is 173 Å². The molecule has 1 heterocycles. The minimum atomic E-state index is -3.53. The van der Waals surface area contributed by atoms with Crippen LogP contribution in [0.25, 0.3) is 0 Å². The summed E-state index contributed by atoms with van der Waals surface area (Å²) in [6.07, 6.45) is 0. The Balaban J connectivity index is 1.85. The van der Waals surface area contributed by atoms with Gasteiger partial charge in [-0.15, -0.1) is 0 Å². The number of hydrogen-bond acceptors (Lipinski definition) is 4. The molecule has 1 unspecified atom stereocenters. The maximum atomic E-state index is 12.8. The van der Waals surface area contributed by atoms with Gasteiger partial charge in [0.25, 0.3) is 5.91 Å². The van der Waals surface area contributed by atoms with E-state index in [4.69, 9.17) is 11.6 Å². The van der Waals surface area contributed by atoms with E-state index in [1.54, 1.807) is 23.5 Å². The average molecular weight is 435 g/mol. The van der Waals surface area contributed by atoms with Gasteiger partial charge in [0.15, 0.2) is 0 Å². The van der Waals surface area contributed by atoms with Crippen molar-refractivity contribution in [2.75, 3.05) is 14.1 Å². The average Bonchev–Trinajstić information content (AvgIpc) is 3.21. The van der Waals surface area contributed by atoms with E-state index in [2.05, 4.69) is 5.32 Å². The summed E-state index contributed by atoms with van der Waals surface area (Å²) < 4.78 is 25.5. The maximum Gasteiger partial charge on any atom is 0.252 e. The smallest absolute Gasteiger partial charge is 0.252 e. The fraction of sp³-hybridized carbons (Fsp3) is 0.150. The number of thiophene rings is 1. The zero-order chi connectivity index (χ0) is 20.3. The van der Waals surface area contributed by atoms with Crippen LogP contribution in [0.15, 0.2) is 70.3 Å². The summed E-state index contributed by atoms with van der Waals surface area (Å²) in [6, 6.07) is 14.8. The molecule has 28 heavy (non-hydrogen) atoms. The lowest BCUT2D eigenvalue weighted by Crippen LogP contribution is -2.29. The first-order valence-electron chi connectivity index (χ1n) is 8.40. The van der Waals surface area contributed by atoms with Gasteiger partial charge in [-0.3, -0.25) is 4.79 Å². The van der Waals surface area contributed by atoms with Crippen LogP contribution in [-0.2, 0) is 10.0 Å². The van der Waals surface area contributed by atoms with Crippen LogP contribution in [0.5, 0.6) is 0 Å². The molecule has 0 aliphatic heterocycles. The molecule has 3 rings (SSSR count). The molecule has 2 aromatic carbocycles. The number of halogens is 1. The van der Waals surface area contributed by atoms with Crippen molar-refractivity contribution >= 4 is 38.9 Å². The van der Waals surface area contributed by atoms with E-state index in [1.807, 2.05) is 29.0 Å². The maximum absolute atomic E-state index is 12.8. The normalized spacial score (nSPS) is 12.7. The summed E-state index contributed by atoms with van der Waals surface area (Å²) in [5.41, 5.74) is 2.25. The van der Waals surface area contributed by atoms with E-state index in [0.717, 1.165) is 15.4 Å². The lowest BCUT2D eigenvalue weighted by atomic mass is 10.0. The number of amides is 1. The number of rotatable bonds is 6. The molecule has 1 amide bonds. The first-order valence-corrected chi connectivity index (χ1v) is 11.2. The Morgan fingerprint density at radius 3 is 2.18 bits per heavy atom. The van der Waals surface area contributed by atoms with E-state index in [-0.39, 0.29) is 16.8 Å². The fourth-order valence-electron chi connectivity index (χ4n) is 2.66. The molecule has 3 aromatic rings. The van der Waals surface area contributed by atoms with Gasteiger partial charge in [0, 0.05) is 24.7 Å². The van der Waals surface area contributed by atoms with E-state index in [1.165, 1.54) is 38.4 Å². The van der Waals surface area contributed by atoms with Crippen molar-refractivity contribution in [2.24, 2.45) is 0 Å². The Morgan fingerprint density at radius 2 is 1.64 bits per heavy atom. The van der Waals surface area contributed by atoms with Gasteiger partial charge in [-0.2, -0.15) is 11.3 Å². The molecule has 5 nitrogen and oxygen atoms in total. The molecule has 8 heteroatoms. The molecule has 0 bridgehead atoms. The van der Waals surface area contributed by atoms with Crippen LogP contribution in [0.2, 0.25) is 5.02 Å². The van der Waals surface area contributed by atoms with Crippen molar-refractivity contribution in [1.82, 2.24) is 9.62 Å². The van der Waals surface area contributed by atoms with Crippen LogP contribution in [0.1, 0.15) is 27.5 Å². The lowest BCUT2D eigenvalue weighted by molar-refractivity contribution is 0.0943. The summed E-state index contributed by atoms with van der Waals surface area (Å²) in [7, 11) is -0.603. The van der Waals surface area contributed by atoms with Crippen LogP contribution in [0, 0.1) is 0 Å². The number of carbonyl (C=O) groups excluding carboxylic acids is 1. The van der Waals surface area contributed by atoms with Crippen molar-refractivity contribution in [3.63, 3.8) is 0 Å². The third kappa shape index (κ3) is 4.44. The minimum Gasteiger partial charge on any atom is -0.341 e. The summed E-state index contributed by atoms with van der Waals surface area (Å²) in [6.45, 7) is 0. The fourth-order valence-corrected chi connectivity index (χ4v) is 4.37. The minimum absolute atomic E-state index is 0.140. The molecule has 0 aliphatic rings. The second kappa shape index (κ2) is 8.45. The molecule has 1 atom stereocenters. The highest BCUT2D eigenvalue weighted by atomic mass is 35.5. The monoisotopic (exact) mass is 434 g/mol. The molecular weight excluding hydrogens is 416 g/mol. The predicted octanol–water partition coefficient (Wildman–Crippen LogP) is 4.17. The van der Waals surface area contributed by atoms with Crippen LogP contribution in [0.3, 0.4) is 0 Å². The lowest BCUT2D eigenvalue weighted by Gasteiger charge is -2.19. The summed E-state index contributed by atoms with van der Waals surface area (Å²) >= 11 is 7.53. The predicted molar refractivity (Wildman–Crippen MR) is 112 cm³/mol. The second-order valence-corrected chi connectivity index (χ2v) is 9.69. The van der Waals surface area contributed by atoms with Crippen LogP contribution in [-0.4, -0.2) is 32.7 Å². The molecule has 0 saturated carbocycles. The van der Waals surface area contributed by atoms with Gasteiger partial charge in [-0.25, -0.2) is 12.7 Å². The number of hydrogen-bond donors (Lipinski definition) is 1. The van der Waals surface area contributed by atoms with E-state index < -0.39 is 10.0 Å². The molecule has 1 aromatic heterocycles. The van der Waals surface area contributed by atoms with Crippen LogP contribution >= 0.6 is 22.9 Å². The van der Waals surface area contributed by atoms with Gasteiger partial charge in [0.1, 0.15) is 0 Å². The Morgan fingerprint density at radius 1 is 1.00 bits per heavy atom. The van der Waals surface area contributed by atoms with Crippen molar-refractivity contribution in [3.8, 4) is 0 Å². The largest absolute Gasteiger partial charge is 0.341 e.